The number of nitrogens with one attached hydrogen (secondary N) is 1. The summed E-state index contributed by atoms with van der Waals surface area (Å²) in [6, 6.07) is 13.1. The number of nitrogens with zero attached hydrogens (tertiary/aromatic N) is 5. The molecule has 0 saturated heterocycles. The molecule has 2 aromatic heterocycles. The largest absolute Gasteiger partial charge is 0.493 e. The van der Waals surface area contributed by atoms with Crippen molar-refractivity contribution in [2.24, 2.45) is 10.2 Å². The highest BCUT2D eigenvalue weighted by atomic mass is 35.5. The Hall–Kier alpha value is -2.59. The zero-order chi connectivity index (χ0) is 20.5. The van der Waals surface area contributed by atoms with E-state index >= 15 is 0 Å². The van der Waals surface area contributed by atoms with Crippen LogP contribution in [0.3, 0.4) is 0 Å². The third-order valence-electron chi connectivity index (χ3n) is 4.15. The topological polar surface area (TPSA) is 78.0 Å². The van der Waals surface area contributed by atoms with Crippen LogP contribution in [0.1, 0.15) is 0 Å². The molecule has 0 atom stereocenters. The summed E-state index contributed by atoms with van der Waals surface area (Å²) < 4.78 is 2.72. The first-order chi connectivity index (χ1) is 13.9. The fourth-order valence-electron chi connectivity index (χ4n) is 2.96. The first-order valence-electron chi connectivity index (χ1n) is 8.66. The fourth-order valence-corrected chi connectivity index (χ4v) is 4.30. The van der Waals surface area contributed by atoms with Gasteiger partial charge in [0.15, 0.2) is 10.8 Å². The van der Waals surface area contributed by atoms with Crippen LogP contribution in [0.15, 0.2) is 52.7 Å². The molecule has 0 aliphatic carbocycles. The van der Waals surface area contributed by atoms with E-state index in [4.69, 9.17) is 23.8 Å². The number of benzene rings is 2. The lowest BCUT2D eigenvalue weighted by atomic mass is 10.2. The Kier molecular flexibility index (Phi) is 5.46. The van der Waals surface area contributed by atoms with Gasteiger partial charge in [0.2, 0.25) is 11.0 Å². The molecule has 4 rings (SSSR count). The van der Waals surface area contributed by atoms with Gasteiger partial charge in [0.25, 0.3) is 0 Å². The van der Waals surface area contributed by atoms with Crippen LogP contribution in [-0.4, -0.2) is 38.8 Å². The number of hydrogen-bond donors (Lipinski definition) is 2. The molecule has 0 unspecified atom stereocenters. The first kappa shape index (κ1) is 19.7. The van der Waals surface area contributed by atoms with Gasteiger partial charge in [-0.1, -0.05) is 41.1 Å². The molecule has 7 nitrogen and oxygen atoms in total. The maximum absolute atomic E-state index is 10.7. The second-order valence-electron chi connectivity index (χ2n) is 6.60. The molecule has 2 aromatic carbocycles. The number of halogens is 1. The molecule has 0 spiro atoms. The number of rotatable bonds is 4. The summed E-state index contributed by atoms with van der Waals surface area (Å²) in [7, 11) is 3.86. The molecular weight excluding hydrogens is 428 g/mol. The highest BCUT2D eigenvalue weighted by molar-refractivity contribution is 7.80. The number of anilines is 1. The molecule has 29 heavy (non-hydrogen) atoms. The quantitative estimate of drug-likeness (QED) is 0.316. The Morgan fingerprint density at radius 1 is 1.31 bits per heavy atom. The number of aromatic nitrogens is 2. The lowest BCUT2D eigenvalue weighted by molar-refractivity contribution is 0.304. The predicted molar refractivity (Wildman–Crippen MR) is 123 cm³/mol. The highest BCUT2D eigenvalue weighted by Gasteiger charge is 2.17. The lowest BCUT2D eigenvalue weighted by Gasteiger charge is -2.12. The lowest BCUT2D eigenvalue weighted by Crippen LogP contribution is -2.16. The summed E-state index contributed by atoms with van der Waals surface area (Å²) >= 11 is 12.7. The monoisotopic (exact) mass is 444 g/mol. The average Bonchev–Trinajstić information content (AvgIpc) is 3.18. The van der Waals surface area contributed by atoms with Crippen molar-refractivity contribution >= 4 is 72.2 Å². The molecule has 4 aromatic rings. The second-order valence-corrected chi connectivity index (χ2v) is 8.45. The molecule has 0 aliphatic rings. The molecule has 10 heteroatoms. The van der Waals surface area contributed by atoms with Crippen molar-refractivity contribution in [2.75, 3.05) is 19.4 Å². The molecule has 2 heterocycles. The first-order valence-corrected chi connectivity index (χ1v) is 10.3. The minimum Gasteiger partial charge on any atom is -0.493 e. The van der Waals surface area contributed by atoms with Gasteiger partial charge in [-0.3, -0.25) is 9.47 Å². The Bertz CT molecular complexity index is 1250. The van der Waals surface area contributed by atoms with Crippen molar-refractivity contribution in [2.45, 2.75) is 6.67 Å². The summed E-state index contributed by atoms with van der Waals surface area (Å²) in [5, 5.41) is 24.1. The summed E-state index contributed by atoms with van der Waals surface area (Å²) in [4.78, 5) is 6.41. The zero-order valence-corrected chi connectivity index (χ0v) is 18.0. The van der Waals surface area contributed by atoms with Crippen LogP contribution in [0, 0.1) is 0 Å². The van der Waals surface area contributed by atoms with Gasteiger partial charge in [-0.05, 0) is 50.6 Å². The van der Waals surface area contributed by atoms with E-state index in [0.717, 1.165) is 21.1 Å². The minimum absolute atomic E-state index is 0.0427. The van der Waals surface area contributed by atoms with Crippen molar-refractivity contribution in [3.8, 4) is 5.88 Å². The minimum atomic E-state index is 0.0427. The Balaban J connectivity index is 1.60. The summed E-state index contributed by atoms with van der Waals surface area (Å²) in [5.41, 5.74) is 2.07. The number of azo groups is 1. The van der Waals surface area contributed by atoms with Crippen molar-refractivity contribution in [1.29, 1.82) is 0 Å². The Labute approximate surface area is 181 Å². The molecule has 0 bridgehead atoms. The van der Waals surface area contributed by atoms with Gasteiger partial charge in [-0.25, -0.2) is 4.98 Å². The van der Waals surface area contributed by atoms with Gasteiger partial charge in [-0.2, -0.15) is 0 Å². The average molecular weight is 445 g/mol. The van der Waals surface area contributed by atoms with E-state index < -0.39 is 0 Å². The van der Waals surface area contributed by atoms with Crippen molar-refractivity contribution in [3.05, 3.63) is 47.5 Å². The molecular formula is C19H17ClN6OS2. The van der Waals surface area contributed by atoms with Gasteiger partial charge in [-0.15, -0.1) is 10.2 Å². The maximum Gasteiger partial charge on any atom is 0.221 e. The standard InChI is InChI=1S/C19H17ClN6OS2/c1-25(2)10-26-14-6-4-3-5-12(14)16(17(26)27)23-24-18(28)22-19-21-13-8-7-11(20)9-15(13)29-19/h3-9,27H,10H2,1-2H3,(H,21,22,28). The molecule has 148 valence electrons. The van der Waals surface area contributed by atoms with E-state index in [1.165, 1.54) is 11.3 Å². The van der Waals surface area contributed by atoms with Crippen molar-refractivity contribution in [1.82, 2.24) is 14.5 Å². The number of thiocarbonyl (C=S) groups is 1. The van der Waals surface area contributed by atoms with Crippen LogP contribution >= 0.6 is 35.2 Å². The number of hydrogen-bond acceptors (Lipinski definition) is 6. The van der Waals surface area contributed by atoms with Gasteiger partial charge in [0.05, 0.1) is 22.4 Å². The summed E-state index contributed by atoms with van der Waals surface area (Å²) in [5.74, 6) is 0.0427. The molecule has 0 aliphatic heterocycles. The van der Waals surface area contributed by atoms with Crippen molar-refractivity contribution in [3.63, 3.8) is 0 Å². The smallest absolute Gasteiger partial charge is 0.221 e. The van der Waals surface area contributed by atoms with Crippen LogP contribution in [-0.2, 0) is 6.67 Å². The fraction of sp³-hybridized carbons (Fsp3) is 0.158. The van der Waals surface area contributed by atoms with Crippen LogP contribution < -0.4 is 5.32 Å². The van der Waals surface area contributed by atoms with Gasteiger partial charge < -0.3 is 10.4 Å². The number of aromatic hydroxyl groups is 1. The van der Waals surface area contributed by atoms with Crippen LogP contribution in [0.2, 0.25) is 5.02 Å². The molecule has 0 saturated carbocycles. The molecule has 2 N–H and O–H groups in total. The summed E-state index contributed by atoms with van der Waals surface area (Å²) in [6.45, 7) is 0.513. The third kappa shape index (κ3) is 4.08. The zero-order valence-electron chi connectivity index (χ0n) is 15.6. The van der Waals surface area contributed by atoms with E-state index in [1.807, 2.05) is 55.4 Å². The van der Waals surface area contributed by atoms with E-state index in [-0.39, 0.29) is 11.0 Å². The Morgan fingerprint density at radius 2 is 2.10 bits per heavy atom. The summed E-state index contributed by atoms with van der Waals surface area (Å²) in [6.07, 6.45) is 0. The molecule has 0 radical (unpaired) electrons. The van der Waals surface area contributed by atoms with Crippen molar-refractivity contribution < 1.29 is 5.11 Å². The van der Waals surface area contributed by atoms with E-state index in [2.05, 4.69) is 20.5 Å². The van der Waals surface area contributed by atoms with E-state index in [9.17, 15) is 5.11 Å². The van der Waals surface area contributed by atoms with Gasteiger partial charge in [0.1, 0.15) is 0 Å². The van der Waals surface area contributed by atoms with Crippen LogP contribution in [0.25, 0.3) is 21.1 Å². The van der Waals surface area contributed by atoms with Crippen LogP contribution in [0.4, 0.5) is 10.8 Å². The second kappa shape index (κ2) is 8.03. The maximum atomic E-state index is 10.7. The van der Waals surface area contributed by atoms with Crippen LogP contribution in [0.5, 0.6) is 5.88 Å². The SMILES string of the molecule is CN(C)Cn1c(O)c(N=NC(=S)Nc2nc3ccc(Cl)cc3s2)c2ccccc21. The molecule has 0 amide bonds. The predicted octanol–water partition coefficient (Wildman–Crippen LogP) is 5.61. The van der Waals surface area contributed by atoms with Gasteiger partial charge in [0, 0.05) is 10.4 Å². The van der Waals surface area contributed by atoms with Gasteiger partial charge >= 0.3 is 0 Å². The number of thiazole rings is 1. The van der Waals surface area contributed by atoms with E-state index in [0.29, 0.717) is 22.5 Å². The van der Waals surface area contributed by atoms with E-state index in [1.54, 1.807) is 10.6 Å². The third-order valence-corrected chi connectivity index (χ3v) is 5.50. The number of para-hydroxylation sites is 1. The Morgan fingerprint density at radius 3 is 2.90 bits per heavy atom. The highest BCUT2D eigenvalue weighted by Crippen LogP contribution is 2.39. The molecule has 0 fully saturated rings. The normalized spacial score (nSPS) is 11.9. The number of fused-ring (bicyclic) bond motifs is 2.